The van der Waals surface area contributed by atoms with Gasteiger partial charge in [0, 0.05) is 18.3 Å². The summed E-state index contributed by atoms with van der Waals surface area (Å²) in [5, 5.41) is 5.47. The van der Waals surface area contributed by atoms with Gasteiger partial charge in [-0.3, -0.25) is 10.1 Å². The summed E-state index contributed by atoms with van der Waals surface area (Å²) in [6, 6.07) is 20.5. The molecule has 0 unspecified atom stereocenters. The van der Waals surface area contributed by atoms with Gasteiger partial charge in [-0.2, -0.15) is 0 Å². The summed E-state index contributed by atoms with van der Waals surface area (Å²) >= 11 is 5.17. The van der Waals surface area contributed by atoms with Crippen LogP contribution in [0.1, 0.15) is 11.1 Å². The van der Waals surface area contributed by atoms with E-state index in [1.807, 2.05) is 30.3 Å². The van der Waals surface area contributed by atoms with Gasteiger partial charge in [-0.15, -0.1) is 0 Å². The van der Waals surface area contributed by atoms with E-state index in [1.54, 1.807) is 43.5 Å². The number of hydrogen-bond donors (Lipinski definition) is 3. The summed E-state index contributed by atoms with van der Waals surface area (Å²) in [5.74, 6) is 0.708. The van der Waals surface area contributed by atoms with E-state index < -0.39 is 15.9 Å². The van der Waals surface area contributed by atoms with Gasteiger partial charge in [0.1, 0.15) is 0 Å². The van der Waals surface area contributed by atoms with Gasteiger partial charge in [-0.25, -0.2) is 13.1 Å². The minimum absolute atomic E-state index is 0.0739. The molecule has 0 fully saturated rings. The first kappa shape index (κ1) is 25.9. The van der Waals surface area contributed by atoms with Gasteiger partial charge in [0.05, 0.1) is 19.1 Å². The largest absolute Gasteiger partial charge is 0.493 e. The molecule has 0 radical (unpaired) electrons. The number of hydrogen-bond acceptors (Lipinski definition) is 6. The van der Waals surface area contributed by atoms with Crippen LogP contribution in [0.5, 0.6) is 11.5 Å². The van der Waals surface area contributed by atoms with Crippen LogP contribution in [0.2, 0.25) is 0 Å². The lowest BCUT2D eigenvalue weighted by Crippen LogP contribution is -2.32. The third-order valence-corrected chi connectivity index (χ3v) is 6.42. The lowest BCUT2D eigenvalue weighted by atomic mass is 10.2. The van der Waals surface area contributed by atoms with E-state index in [9.17, 15) is 13.2 Å². The predicted molar refractivity (Wildman–Crippen MR) is 140 cm³/mol. The molecule has 182 valence electrons. The number of carbonyl (C=O) groups is 1. The van der Waals surface area contributed by atoms with Crippen LogP contribution >= 0.6 is 12.2 Å². The molecule has 0 heterocycles. The minimum atomic E-state index is -3.67. The summed E-state index contributed by atoms with van der Waals surface area (Å²) < 4.78 is 38.0. The molecule has 0 saturated carbocycles. The second kappa shape index (κ2) is 12.1. The molecule has 3 N–H and O–H groups in total. The molecule has 0 aliphatic heterocycles. The lowest BCUT2D eigenvalue weighted by molar-refractivity contribution is -0.115. The number of rotatable bonds is 9. The predicted octanol–water partition coefficient (Wildman–Crippen LogP) is 3.71. The van der Waals surface area contributed by atoms with Crippen molar-refractivity contribution in [2.24, 2.45) is 0 Å². The van der Waals surface area contributed by atoms with Crippen LogP contribution in [-0.4, -0.2) is 33.7 Å². The van der Waals surface area contributed by atoms with Crippen molar-refractivity contribution in [2.45, 2.75) is 11.4 Å². The quantitative estimate of drug-likeness (QED) is 0.297. The molecule has 35 heavy (non-hydrogen) atoms. The van der Waals surface area contributed by atoms with Gasteiger partial charge >= 0.3 is 0 Å². The molecule has 10 heteroatoms. The molecule has 0 aliphatic rings. The van der Waals surface area contributed by atoms with Gasteiger partial charge < -0.3 is 14.8 Å². The standard InChI is InChI=1S/C25H25N3O5S2/c1-32-22-14-8-18(16-23(22)33-2)9-15-24(29)28-25(34)27-20-10-12-21(13-11-20)35(30,31)26-17-19-6-4-3-5-7-19/h3-16,26H,17H2,1-2H3,(H2,27,28,29,34)/b15-9+. The van der Waals surface area contributed by atoms with Crippen molar-refractivity contribution in [1.29, 1.82) is 0 Å². The van der Waals surface area contributed by atoms with Crippen LogP contribution in [0.25, 0.3) is 6.08 Å². The van der Waals surface area contributed by atoms with E-state index in [0.717, 1.165) is 11.1 Å². The average molecular weight is 512 g/mol. The number of benzene rings is 3. The van der Waals surface area contributed by atoms with Crippen molar-refractivity contribution in [2.75, 3.05) is 19.5 Å². The second-order valence-electron chi connectivity index (χ2n) is 7.23. The number of sulfonamides is 1. The number of anilines is 1. The minimum Gasteiger partial charge on any atom is -0.493 e. The fourth-order valence-corrected chi connectivity index (χ4v) is 4.26. The van der Waals surface area contributed by atoms with Crippen LogP contribution in [-0.2, 0) is 21.4 Å². The normalized spacial score (nSPS) is 11.1. The van der Waals surface area contributed by atoms with E-state index in [1.165, 1.54) is 25.3 Å². The highest BCUT2D eigenvalue weighted by Crippen LogP contribution is 2.27. The van der Waals surface area contributed by atoms with Crippen molar-refractivity contribution in [3.63, 3.8) is 0 Å². The molecule has 0 spiro atoms. The van der Waals surface area contributed by atoms with Crippen molar-refractivity contribution in [3.05, 3.63) is 90.0 Å². The third-order valence-electron chi connectivity index (χ3n) is 4.80. The molecule has 0 aliphatic carbocycles. The van der Waals surface area contributed by atoms with E-state index in [-0.39, 0.29) is 16.6 Å². The molecular weight excluding hydrogens is 486 g/mol. The van der Waals surface area contributed by atoms with Gasteiger partial charge in [-0.05, 0) is 65.8 Å². The van der Waals surface area contributed by atoms with Gasteiger partial charge in [0.25, 0.3) is 0 Å². The number of nitrogens with one attached hydrogen (secondary N) is 3. The Kier molecular flexibility index (Phi) is 8.96. The maximum atomic E-state index is 12.5. The first-order valence-corrected chi connectivity index (χ1v) is 12.4. The van der Waals surface area contributed by atoms with Crippen LogP contribution < -0.4 is 24.8 Å². The summed E-state index contributed by atoms with van der Waals surface area (Å²) in [4.78, 5) is 12.3. The fraction of sp³-hybridized carbons (Fsp3) is 0.120. The van der Waals surface area contributed by atoms with Crippen LogP contribution in [0.15, 0.2) is 83.8 Å². The molecule has 0 bridgehead atoms. The average Bonchev–Trinajstić information content (AvgIpc) is 2.87. The Hall–Kier alpha value is -3.73. The zero-order valence-corrected chi connectivity index (χ0v) is 20.8. The second-order valence-corrected chi connectivity index (χ2v) is 9.40. The zero-order chi connectivity index (χ0) is 25.3. The smallest absolute Gasteiger partial charge is 0.250 e. The summed E-state index contributed by atoms with van der Waals surface area (Å²) in [5.41, 5.74) is 2.13. The number of thiocarbonyl (C=S) groups is 1. The van der Waals surface area contributed by atoms with Crippen molar-refractivity contribution in [1.82, 2.24) is 10.0 Å². The van der Waals surface area contributed by atoms with Crippen molar-refractivity contribution >= 4 is 45.0 Å². The zero-order valence-electron chi connectivity index (χ0n) is 19.1. The van der Waals surface area contributed by atoms with Crippen molar-refractivity contribution < 1.29 is 22.7 Å². The highest BCUT2D eigenvalue weighted by molar-refractivity contribution is 7.89. The Morgan fingerprint density at radius 2 is 1.63 bits per heavy atom. The molecule has 3 rings (SSSR count). The highest BCUT2D eigenvalue weighted by atomic mass is 32.2. The topological polar surface area (TPSA) is 106 Å². The highest BCUT2D eigenvalue weighted by Gasteiger charge is 2.13. The number of carbonyl (C=O) groups excluding carboxylic acids is 1. The third kappa shape index (κ3) is 7.64. The molecule has 3 aromatic rings. The SMILES string of the molecule is COc1ccc(/C=C/C(=O)NC(=S)Nc2ccc(S(=O)(=O)NCc3ccccc3)cc2)cc1OC. The summed E-state index contributed by atoms with van der Waals surface area (Å²) in [6.45, 7) is 0.191. The Bertz CT molecular complexity index is 1310. The first-order chi connectivity index (χ1) is 16.8. The lowest BCUT2D eigenvalue weighted by Gasteiger charge is -2.10. The van der Waals surface area contributed by atoms with Crippen LogP contribution in [0.4, 0.5) is 5.69 Å². The van der Waals surface area contributed by atoms with E-state index in [0.29, 0.717) is 17.2 Å². The summed E-state index contributed by atoms with van der Waals surface area (Å²) in [7, 11) is -0.593. The monoisotopic (exact) mass is 511 g/mol. The van der Waals surface area contributed by atoms with Gasteiger partial charge in [-0.1, -0.05) is 36.4 Å². The Labute approximate surface area is 210 Å². The van der Waals surface area contributed by atoms with E-state index >= 15 is 0 Å². The van der Waals surface area contributed by atoms with Crippen LogP contribution in [0, 0.1) is 0 Å². The fourth-order valence-electron chi connectivity index (χ4n) is 3.02. The van der Waals surface area contributed by atoms with E-state index in [4.69, 9.17) is 21.7 Å². The van der Waals surface area contributed by atoms with Crippen LogP contribution in [0.3, 0.4) is 0 Å². The molecule has 3 aromatic carbocycles. The van der Waals surface area contributed by atoms with Gasteiger partial charge in [0.15, 0.2) is 16.6 Å². The maximum absolute atomic E-state index is 12.5. The Morgan fingerprint density at radius 1 is 0.943 bits per heavy atom. The number of ether oxygens (including phenoxy) is 2. The van der Waals surface area contributed by atoms with Gasteiger partial charge in [0.2, 0.25) is 15.9 Å². The Balaban J connectivity index is 1.53. The molecular formula is C25H25N3O5S2. The molecule has 0 aromatic heterocycles. The molecule has 0 atom stereocenters. The maximum Gasteiger partial charge on any atom is 0.250 e. The Morgan fingerprint density at radius 3 is 2.29 bits per heavy atom. The van der Waals surface area contributed by atoms with E-state index in [2.05, 4.69) is 15.4 Å². The van der Waals surface area contributed by atoms with Crippen molar-refractivity contribution in [3.8, 4) is 11.5 Å². The first-order valence-electron chi connectivity index (χ1n) is 10.5. The molecule has 1 amide bonds. The number of amides is 1. The summed E-state index contributed by atoms with van der Waals surface area (Å²) in [6.07, 6.45) is 2.95. The number of methoxy groups -OCH3 is 2. The molecule has 0 saturated heterocycles. The molecule has 8 nitrogen and oxygen atoms in total.